The minimum atomic E-state index is -3.42. The Morgan fingerprint density at radius 1 is 1.19 bits per heavy atom. The van der Waals surface area contributed by atoms with Gasteiger partial charge in [-0.2, -0.15) is 4.31 Å². The Kier molecular flexibility index (Phi) is 5.07. The number of hydrogen-bond donors (Lipinski definition) is 1. The first kappa shape index (κ1) is 16.5. The Labute approximate surface area is 128 Å². The van der Waals surface area contributed by atoms with Crippen molar-refractivity contribution in [2.24, 2.45) is 0 Å². The topological polar surface area (TPSA) is 49.4 Å². The molecule has 1 aliphatic rings. The molecule has 1 N–H and O–H groups in total. The minimum absolute atomic E-state index is 0.0204. The first-order chi connectivity index (χ1) is 9.87. The molecule has 0 radical (unpaired) electrons. The van der Waals surface area contributed by atoms with Crippen LogP contribution >= 0.6 is 0 Å². The van der Waals surface area contributed by atoms with Crippen molar-refractivity contribution in [3.63, 3.8) is 0 Å². The molecule has 3 unspecified atom stereocenters. The fourth-order valence-electron chi connectivity index (χ4n) is 2.92. The standard InChI is InChI=1S/C16H26N2O2S/c1-5-12(2)15-6-8-16(9-7-15)21(19,20)18-13(3)10-17-11-14(18)4/h6-9,12-14,17H,5,10-11H2,1-4H3. The van der Waals surface area contributed by atoms with Gasteiger partial charge in [-0.25, -0.2) is 8.42 Å². The second-order valence-electron chi connectivity index (χ2n) is 6.07. The molecule has 0 spiro atoms. The van der Waals surface area contributed by atoms with Crippen LogP contribution in [-0.4, -0.2) is 37.9 Å². The highest BCUT2D eigenvalue weighted by Crippen LogP contribution is 2.25. The lowest BCUT2D eigenvalue weighted by Gasteiger charge is -2.38. The molecule has 118 valence electrons. The van der Waals surface area contributed by atoms with Crippen LogP contribution in [0, 0.1) is 0 Å². The molecule has 1 aromatic carbocycles. The fourth-order valence-corrected chi connectivity index (χ4v) is 4.74. The number of rotatable bonds is 4. The van der Waals surface area contributed by atoms with Crippen molar-refractivity contribution in [2.45, 2.75) is 57.0 Å². The Morgan fingerprint density at radius 3 is 2.19 bits per heavy atom. The molecule has 1 aromatic rings. The molecular formula is C16H26N2O2S. The van der Waals surface area contributed by atoms with Crippen LogP contribution in [0.4, 0.5) is 0 Å². The van der Waals surface area contributed by atoms with Gasteiger partial charge in [0.05, 0.1) is 4.90 Å². The van der Waals surface area contributed by atoms with Gasteiger partial charge in [0, 0.05) is 25.2 Å². The summed E-state index contributed by atoms with van der Waals surface area (Å²) in [6.07, 6.45) is 1.05. The predicted molar refractivity (Wildman–Crippen MR) is 86.0 cm³/mol. The van der Waals surface area contributed by atoms with Gasteiger partial charge < -0.3 is 5.32 Å². The van der Waals surface area contributed by atoms with Crippen LogP contribution in [0.2, 0.25) is 0 Å². The maximum Gasteiger partial charge on any atom is 0.243 e. The molecule has 4 nitrogen and oxygen atoms in total. The van der Waals surface area contributed by atoms with E-state index in [0.717, 1.165) is 6.42 Å². The highest BCUT2D eigenvalue weighted by Gasteiger charge is 2.35. The number of nitrogens with zero attached hydrogens (tertiary/aromatic N) is 1. The molecule has 0 amide bonds. The Bertz CT molecular complexity index is 558. The Balaban J connectivity index is 2.30. The van der Waals surface area contributed by atoms with Gasteiger partial charge in [0.25, 0.3) is 0 Å². The molecule has 1 fully saturated rings. The SMILES string of the molecule is CCC(C)c1ccc(S(=O)(=O)N2C(C)CNCC2C)cc1. The summed E-state index contributed by atoms with van der Waals surface area (Å²) in [7, 11) is -3.42. The average molecular weight is 310 g/mol. The molecule has 1 saturated heterocycles. The van der Waals surface area contributed by atoms with Crippen molar-refractivity contribution >= 4 is 10.0 Å². The van der Waals surface area contributed by atoms with Gasteiger partial charge in [-0.15, -0.1) is 0 Å². The summed E-state index contributed by atoms with van der Waals surface area (Å²) in [6.45, 7) is 9.61. The van der Waals surface area contributed by atoms with Gasteiger partial charge in [0.15, 0.2) is 0 Å². The average Bonchev–Trinajstić information content (AvgIpc) is 2.46. The number of benzene rings is 1. The maximum absolute atomic E-state index is 12.9. The van der Waals surface area contributed by atoms with Gasteiger partial charge in [-0.05, 0) is 43.9 Å². The van der Waals surface area contributed by atoms with Gasteiger partial charge in [0.2, 0.25) is 10.0 Å². The molecule has 0 saturated carbocycles. The summed E-state index contributed by atoms with van der Waals surface area (Å²) in [5.74, 6) is 0.457. The summed E-state index contributed by atoms with van der Waals surface area (Å²) < 4.78 is 27.4. The van der Waals surface area contributed by atoms with E-state index in [4.69, 9.17) is 0 Å². The van der Waals surface area contributed by atoms with E-state index in [0.29, 0.717) is 23.9 Å². The van der Waals surface area contributed by atoms with E-state index in [1.54, 1.807) is 16.4 Å². The van der Waals surface area contributed by atoms with Gasteiger partial charge in [0.1, 0.15) is 0 Å². The maximum atomic E-state index is 12.9. The van der Waals surface area contributed by atoms with E-state index in [2.05, 4.69) is 19.2 Å². The smallest absolute Gasteiger partial charge is 0.243 e. The van der Waals surface area contributed by atoms with E-state index < -0.39 is 10.0 Å². The molecule has 0 bridgehead atoms. The van der Waals surface area contributed by atoms with E-state index in [1.165, 1.54) is 5.56 Å². The monoisotopic (exact) mass is 310 g/mol. The first-order valence-corrected chi connectivity index (χ1v) is 9.16. The number of hydrogen-bond acceptors (Lipinski definition) is 3. The lowest BCUT2D eigenvalue weighted by Crippen LogP contribution is -2.57. The number of sulfonamides is 1. The zero-order valence-electron chi connectivity index (χ0n) is 13.3. The summed E-state index contributed by atoms with van der Waals surface area (Å²) in [6, 6.07) is 7.34. The molecule has 5 heteroatoms. The van der Waals surface area contributed by atoms with Crippen LogP contribution in [0.3, 0.4) is 0 Å². The zero-order valence-corrected chi connectivity index (χ0v) is 14.2. The van der Waals surface area contributed by atoms with Crippen molar-refractivity contribution in [3.8, 4) is 0 Å². The van der Waals surface area contributed by atoms with Crippen molar-refractivity contribution in [1.82, 2.24) is 9.62 Å². The van der Waals surface area contributed by atoms with Crippen molar-refractivity contribution < 1.29 is 8.42 Å². The molecule has 0 aromatic heterocycles. The second kappa shape index (κ2) is 6.46. The van der Waals surface area contributed by atoms with Crippen LogP contribution in [0.15, 0.2) is 29.2 Å². The van der Waals surface area contributed by atoms with Crippen molar-refractivity contribution in [1.29, 1.82) is 0 Å². The van der Waals surface area contributed by atoms with Gasteiger partial charge in [-0.3, -0.25) is 0 Å². The summed E-state index contributed by atoms with van der Waals surface area (Å²) in [5.41, 5.74) is 1.19. The third-order valence-electron chi connectivity index (χ3n) is 4.39. The highest BCUT2D eigenvalue weighted by atomic mass is 32.2. The molecule has 0 aliphatic carbocycles. The van der Waals surface area contributed by atoms with Crippen LogP contribution in [0.1, 0.15) is 45.6 Å². The van der Waals surface area contributed by atoms with E-state index in [9.17, 15) is 8.42 Å². The van der Waals surface area contributed by atoms with E-state index >= 15 is 0 Å². The second-order valence-corrected chi connectivity index (χ2v) is 7.91. The number of piperazine rings is 1. The fraction of sp³-hybridized carbons (Fsp3) is 0.625. The number of nitrogens with one attached hydrogen (secondary N) is 1. The minimum Gasteiger partial charge on any atom is -0.314 e. The largest absolute Gasteiger partial charge is 0.314 e. The van der Waals surface area contributed by atoms with Crippen LogP contribution in [0.25, 0.3) is 0 Å². The quantitative estimate of drug-likeness (QED) is 0.930. The molecular weight excluding hydrogens is 284 g/mol. The Hall–Kier alpha value is -0.910. The third-order valence-corrected chi connectivity index (χ3v) is 6.53. The molecule has 3 atom stereocenters. The predicted octanol–water partition coefficient (Wildman–Crippen LogP) is 2.57. The Morgan fingerprint density at radius 2 is 1.71 bits per heavy atom. The summed E-state index contributed by atoms with van der Waals surface area (Å²) in [4.78, 5) is 0.398. The van der Waals surface area contributed by atoms with Gasteiger partial charge in [-0.1, -0.05) is 26.0 Å². The van der Waals surface area contributed by atoms with Crippen LogP contribution < -0.4 is 5.32 Å². The van der Waals surface area contributed by atoms with Crippen molar-refractivity contribution in [2.75, 3.05) is 13.1 Å². The molecule has 2 rings (SSSR count). The molecule has 21 heavy (non-hydrogen) atoms. The van der Waals surface area contributed by atoms with Gasteiger partial charge >= 0.3 is 0 Å². The van der Waals surface area contributed by atoms with E-state index in [-0.39, 0.29) is 12.1 Å². The van der Waals surface area contributed by atoms with Crippen LogP contribution in [-0.2, 0) is 10.0 Å². The normalized spacial score (nSPS) is 25.7. The lowest BCUT2D eigenvalue weighted by atomic mass is 9.99. The lowest BCUT2D eigenvalue weighted by molar-refractivity contribution is 0.220. The summed E-state index contributed by atoms with van der Waals surface area (Å²) in [5, 5.41) is 3.26. The van der Waals surface area contributed by atoms with Crippen molar-refractivity contribution in [3.05, 3.63) is 29.8 Å². The zero-order chi connectivity index (χ0) is 15.6. The molecule has 1 aliphatic heterocycles. The van der Waals surface area contributed by atoms with Crippen LogP contribution in [0.5, 0.6) is 0 Å². The first-order valence-electron chi connectivity index (χ1n) is 7.72. The molecule has 1 heterocycles. The summed E-state index contributed by atoms with van der Waals surface area (Å²) >= 11 is 0. The van der Waals surface area contributed by atoms with E-state index in [1.807, 2.05) is 26.0 Å². The highest BCUT2D eigenvalue weighted by molar-refractivity contribution is 7.89. The third kappa shape index (κ3) is 3.30.